The van der Waals surface area contributed by atoms with E-state index in [1.54, 1.807) is 12.4 Å². The molecule has 0 saturated heterocycles. The van der Waals surface area contributed by atoms with Crippen LogP contribution in [0, 0.1) is 0 Å². The van der Waals surface area contributed by atoms with Crippen molar-refractivity contribution in [1.29, 1.82) is 0 Å². The van der Waals surface area contributed by atoms with Crippen molar-refractivity contribution in [1.82, 2.24) is 25.1 Å². The fourth-order valence-electron chi connectivity index (χ4n) is 2.26. The second-order valence-corrected chi connectivity index (χ2v) is 6.70. The molecule has 0 saturated carbocycles. The molecule has 8 heteroatoms. The quantitative estimate of drug-likeness (QED) is 0.515. The fraction of sp³-hybridized carbons (Fsp3) is 0.529. The van der Waals surface area contributed by atoms with Crippen LogP contribution in [0.1, 0.15) is 27.2 Å². The van der Waals surface area contributed by atoms with Crippen LogP contribution in [0.25, 0.3) is 11.4 Å². The van der Waals surface area contributed by atoms with Crippen LogP contribution < -0.4 is 5.32 Å². The predicted octanol–water partition coefficient (Wildman–Crippen LogP) is 2.38. The molecule has 136 valence electrons. The zero-order valence-corrected chi connectivity index (χ0v) is 15.8. The first-order chi connectivity index (χ1) is 12.2. The summed E-state index contributed by atoms with van der Waals surface area (Å²) in [6, 6.07) is 3.80. The normalized spacial score (nSPS) is 12.1. The number of aromatic nitrogens is 4. The van der Waals surface area contributed by atoms with E-state index < -0.39 is 0 Å². The molecule has 1 N–H and O–H groups in total. The van der Waals surface area contributed by atoms with Gasteiger partial charge in [0.25, 0.3) is 0 Å². The topological polar surface area (TPSA) is 81.9 Å². The second kappa shape index (κ2) is 10.1. The van der Waals surface area contributed by atoms with Crippen LogP contribution in [0.15, 0.2) is 29.7 Å². The van der Waals surface area contributed by atoms with Crippen LogP contribution in [0.2, 0.25) is 0 Å². The Kier molecular flexibility index (Phi) is 7.87. The summed E-state index contributed by atoms with van der Waals surface area (Å²) >= 11 is 1.42. The van der Waals surface area contributed by atoms with E-state index in [0.717, 1.165) is 29.5 Å². The molecule has 2 heterocycles. The zero-order valence-electron chi connectivity index (χ0n) is 14.9. The zero-order chi connectivity index (χ0) is 18.1. The highest BCUT2D eigenvalue weighted by molar-refractivity contribution is 8.00. The lowest BCUT2D eigenvalue weighted by atomic mass is 10.2. The Balaban J connectivity index is 1.95. The average Bonchev–Trinajstić information content (AvgIpc) is 3.04. The number of thioether (sulfide) groups is 1. The first-order valence-electron chi connectivity index (χ1n) is 8.53. The smallest absolute Gasteiger partial charge is 0.233 e. The summed E-state index contributed by atoms with van der Waals surface area (Å²) in [4.78, 5) is 16.2. The number of ether oxygens (including phenoxy) is 1. The van der Waals surface area contributed by atoms with Crippen LogP contribution in [-0.2, 0) is 16.1 Å². The van der Waals surface area contributed by atoms with Gasteiger partial charge in [0.1, 0.15) is 0 Å². The van der Waals surface area contributed by atoms with Crippen LogP contribution in [0.3, 0.4) is 0 Å². The van der Waals surface area contributed by atoms with Gasteiger partial charge in [-0.3, -0.25) is 9.78 Å². The molecule has 1 unspecified atom stereocenters. The summed E-state index contributed by atoms with van der Waals surface area (Å²) in [5, 5.41) is 12.0. The van der Waals surface area contributed by atoms with Gasteiger partial charge in [-0.2, -0.15) is 0 Å². The molecule has 2 aromatic heterocycles. The molecule has 2 rings (SSSR count). The SMILES string of the molecule is CCOCCCNC(=O)C(C)Sc1nnc(-c2ccncc2)n1CC. The van der Waals surface area contributed by atoms with Crippen LogP contribution in [0.5, 0.6) is 0 Å². The Morgan fingerprint density at radius 1 is 1.32 bits per heavy atom. The number of nitrogens with zero attached hydrogens (tertiary/aromatic N) is 4. The molecule has 25 heavy (non-hydrogen) atoms. The van der Waals surface area contributed by atoms with Gasteiger partial charge in [0.05, 0.1) is 5.25 Å². The molecule has 1 atom stereocenters. The fourth-order valence-corrected chi connectivity index (χ4v) is 3.20. The highest BCUT2D eigenvalue weighted by Crippen LogP contribution is 2.26. The predicted molar refractivity (Wildman–Crippen MR) is 98.4 cm³/mol. The first-order valence-corrected chi connectivity index (χ1v) is 9.41. The van der Waals surface area contributed by atoms with Crippen molar-refractivity contribution in [2.45, 2.75) is 44.1 Å². The molecule has 0 bridgehead atoms. The summed E-state index contributed by atoms with van der Waals surface area (Å²) in [6.07, 6.45) is 4.28. The standard InChI is InChI=1S/C17H25N5O2S/c1-4-22-15(14-7-10-18-11-8-14)20-21-17(22)25-13(3)16(23)19-9-6-12-24-5-2/h7-8,10-11,13H,4-6,9,12H2,1-3H3,(H,19,23). The number of carbonyl (C=O) groups excluding carboxylic acids is 1. The van der Waals surface area contributed by atoms with Crippen molar-refractivity contribution in [2.75, 3.05) is 19.8 Å². The lowest BCUT2D eigenvalue weighted by Gasteiger charge is -2.12. The van der Waals surface area contributed by atoms with Gasteiger partial charge in [0, 0.05) is 44.3 Å². The molecule has 0 fully saturated rings. The van der Waals surface area contributed by atoms with Crippen molar-refractivity contribution in [3.63, 3.8) is 0 Å². The van der Waals surface area contributed by atoms with Gasteiger partial charge in [0.15, 0.2) is 11.0 Å². The first kappa shape index (κ1) is 19.4. The van der Waals surface area contributed by atoms with Gasteiger partial charge >= 0.3 is 0 Å². The third-order valence-electron chi connectivity index (χ3n) is 3.59. The van der Waals surface area contributed by atoms with Crippen LogP contribution >= 0.6 is 11.8 Å². The minimum atomic E-state index is -0.244. The molecule has 0 aliphatic rings. The summed E-state index contributed by atoms with van der Waals surface area (Å²) < 4.78 is 7.28. The van der Waals surface area contributed by atoms with Crippen molar-refractivity contribution in [3.8, 4) is 11.4 Å². The monoisotopic (exact) mass is 363 g/mol. The van der Waals surface area contributed by atoms with Gasteiger partial charge in [-0.05, 0) is 39.3 Å². The minimum Gasteiger partial charge on any atom is -0.382 e. The minimum absolute atomic E-state index is 0.00221. The van der Waals surface area contributed by atoms with E-state index in [4.69, 9.17) is 4.74 Å². The maximum atomic E-state index is 12.2. The van der Waals surface area contributed by atoms with Gasteiger partial charge in [-0.15, -0.1) is 10.2 Å². The van der Waals surface area contributed by atoms with Crippen molar-refractivity contribution in [2.24, 2.45) is 0 Å². The molecular weight excluding hydrogens is 338 g/mol. The summed E-state index contributed by atoms with van der Waals surface area (Å²) in [5.74, 6) is 0.786. The lowest BCUT2D eigenvalue weighted by Crippen LogP contribution is -2.32. The Labute approximate surface area is 152 Å². The highest BCUT2D eigenvalue weighted by atomic mass is 32.2. The average molecular weight is 363 g/mol. The maximum absolute atomic E-state index is 12.2. The summed E-state index contributed by atoms with van der Waals surface area (Å²) in [5.41, 5.74) is 0.962. The number of pyridine rings is 1. The molecule has 0 aromatic carbocycles. The van der Waals surface area contributed by atoms with Crippen molar-refractivity contribution >= 4 is 17.7 Å². The van der Waals surface area contributed by atoms with Gasteiger partial charge < -0.3 is 14.6 Å². The number of amides is 1. The molecule has 2 aromatic rings. The van der Waals surface area contributed by atoms with Crippen LogP contribution in [-0.4, -0.2) is 50.7 Å². The Morgan fingerprint density at radius 3 is 2.76 bits per heavy atom. The van der Waals surface area contributed by atoms with Crippen LogP contribution in [0.4, 0.5) is 0 Å². The van der Waals surface area contributed by atoms with Crippen molar-refractivity contribution in [3.05, 3.63) is 24.5 Å². The lowest BCUT2D eigenvalue weighted by molar-refractivity contribution is -0.120. The second-order valence-electron chi connectivity index (χ2n) is 5.39. The Bertz CT molecular complexity index is 662. The molecule has 1 amide bonds. The molecule has 0 aliphatic carbocycles. The third kappa shape index (κ3) is 5.54. The van der Waals surface area contributed by atoms with E-state index in [2.05, 4.69) is 20.5 Å². The van der Waals surface area contributed by atoms with Gasteiger partial charge in [-0.1, -0.05) is 11.8 Å². The maximum Gasteiger partial charge on any atom is 0.233 e. The van der Waals surface area contributed by atoms with E-state index in [-0.39, 0.29) is 11.2 Å². The molecule has 0 radical (unpaired) electrons. The van der Waals surface area contributed by atoms with E-state index in [1.807, 2.05) is 37.5 Å². The number of nitrogens with one attached hydrogen (secondary N) is 1. The molecular formula is C17H25N5O2S. The largest absolute Gasteiger partial charge is 0.382 e. The van der Waals surface area contributed by atoms with E-state index >= 15 is 0 Å². The van der Waals surface area contributed by atoms with E-state index in [9.17, 15) is 4.79 Å². The van der Waals surface area contributed by atoms with E-state index in [0.29, 0.717) is 19.8 Å². The molecule has 0 spiro atoms. The summed E-state index contributed by atoms with van der Waals surface area (Å²) in [7, 11) is 0. The number of carbonyl (C=O) groups is 1. The van der Waals surface area contributed by atoms with Gasteiger partial charge in [-0.25, -0.2) is 0 Å². The Morgan fingerprint density at radius 2 is 2.08 bits per heavy atom. The third-order valence-corrected chi connectivity index (χ3v) is 4.67. The van der Waals surface area contributed by atoms with Crippen molar-refractivity contribution < 1.29 is 9.53 Å². The van der Waals surface area contributed by atoms with Gasteiger partial charge in [0.2, 0.25) is 5.91 Å². The Hall–Kier alpha value is -1.93. The number of hydrogen-bond acceptors (Lipinski definition) is 6. The number of rotatable bonds is 10. The van der Waals surface area contributed by atoms with E-state index in [1.165, 1.54) is 11.8 Å². The highest BCUT2D eigenvalue weighted by Gasteiger charge is 2.19. The molecule has 7 nitrogen and oxygen atoms in total. The molecule has 0 aliphatic heterocycles. The summed E-state index contributed by atoms with van der Waals surface area (Å²) in [6.45, 7) is 8.59. The number of hydrogen-bond donors (Lipinski definition) is 1.